The third-order valence-electron chi connectivity index (χ3n) is 3.55. The summed E-state index contributed by atoms with van der Waals surface area (Å²) in [6, 6.07) is 13.9. The van der Waals surface area contributed by atoms with Gasteiger partial charge in [-0.05, 0) is 67.2 Å². The van der Waals surface area contributed by atoms with E-state index in [9.17, 15) is 9.59 Å². The first-order valence-corrected chi connectivity index (χ1v) is 9.46. The normalized spacial score (nSPS) is 10.1. The molecular formula is C19H20BrN3O2S. The Hall–Kier alpha value is -2.25. The number of benzene rings is 2. The van der Waals surface area contributed by atoms with Crippen LogP contribution in [0.5, 0.6) is 0 Å². The van der Waals surface area contributed by atoms with E-state index in [1.54, 1.807) is 48.5 Å². The summed E-state index contributed by atoms with van der Waals surface area (Å²) in [5.74, 6) is -0.391. The smallest absolute Gasteiger partial charge is 0.257 e. The fourth-order valence-electron chi connectivity index (χ4n) is 2.12. The maximum absolute atomic E-state index is 12.1. The van der Waals surface area contributed by atoms with Gasteiger partial charge in [0.25, 0.3) is 11.8 Å². The third-order valence-corrected chi connectivity index (χ3v) is 4.29. The molecule has 5 nitrogen and oxygen atoms in total. The van der Waals surface area contributed by atoms with Gasteiger partial charge in [0, 0.05) is 27.8 Å². The van der Waals surface area contributed by atoms with Crippen LogP contribution in [0.15, 0.2) is 53.0 Å². The molecule has 0 radical (unpaired) electrons. The summed E-state index contributed by atoms with van der Waals surface area (Å²) in [6.07, 6.45) is 1.99. The minimum atomic E-state index is -0.290. The van der Waals surface area contributed by atoms with Crippen LogP contribution in [0.1, 0.15) is 40.5 Å². The minimum absolute atomic E-state index is 0.101. The highest BCUT2D eigenvalue weighted by molar-refractivity contribution is 9.10. The topological polar surface area (TPSA) is 70.2 Å². The molecule has 0 saturated carbocycles. The van der Waals surface area contributed by atoms with E-state index in [1.807, 2.05) is 0 Å². The molecule has 0 atom stereocenters. The van der Waals surface area contributed by atoms with Crippen molar-refractivity contribution in [1.82, 2.24) is 10.6 Å². The maximum Gasteiger partial charge on any atom is 0.257 e. The molecule has 2 aromatic carbocycles. The number of rotatable bonds is 6. The highest BCUT2D eigenvalue weighted by Gasteiger charge is 2.09. The molecule has 0 unspecified atom stereocenters. The lowest BCUT2D eigenvalue weighted by Gasteiger charge is -2.10. The summed E-state index contributed by atoms with van der Waals surface area (Å²) < 4.78 is 0.897. The molecule has 7 heteroatoms. The number of halogens is 1. The Kier molecular flexibility index (Phi) is 7.74. The first-order valence-electron chi connectivity index (χ1n) is 8.25. The van der Waals surface area contributed by atoms with Crippen molar-refractivity contribution in [3.63, 3.8) is 0 Å². The molecule has 2 amide bonds. The molecule has 2 aromatic rings. The molecule has 0 aliphatic rings. The van der Waals surface area contributed by atoms with E-state index in [1.165, 1.54) is 0 Å². The number of unbranched alkanes of at least 4 members (excludes halogenated alkanes) is 1. The molecule has 0 aromatic heterocycles. The Morgan fingerprint density at radius 2 is 1.54 bits per heavy atom. The van der Waals surface area contributed by atoms with Gasteiger partial charge in [0.15, 0.2) is 5.11 Å². The standard InChI is InChI=1S/C19H20BrN3O2S/c1-2-3-12-21-17(24)13-6-10-16(11-7-13)22-19(26)23-18(25)14-4-8-15(20)9-5-14/h4-11H,2-3,12H2,1H3,(H,21,24)(H2,22,23,25,26). The van der Waals surface area contributed by atoms with Crippen LogP contribution in [0.2, 0.25) is 0 Å². The molecule has 2 rings (SSSR count). The predicted octanol–water partition coefficient (Wildman–Crippen LogP) is 4.11. The van der Waals surface area contributed by atoms with Crippen molar-refractivity contribution >= 4 is 50.8 Å². The maximum atomic E-state index is 12.1. The lowest BCUT2D eigenvalue weighted by atomic mass is 10.2. The zero-order chi connectivity index (χ0) is 18.9. The largest absolute Gasteiger partial charge is 0.352 e. The number of carbonyl (C=O) groups is 2. The fraction of sp³-hybridized carbons (Fsp3) is 0.211. The average molecular weight is 434 g/mol. The lowest BCUT2D eigenvalue weighted by molar-refractivity contribution is 0.0950. The van der Waals surface area contributed by atoms with Crippen LogP contribution in [0.3, 0.4) is 0 Å². The Morgan fingerprint density at radius 1 is 0.962 bits per heavy atom. The van der Waals surface area contributed by atoms with Gasteiger partial charge >= 0.3 is 0 Å². The first kappa shape index (κ1) is 20.1. The highest BCUT2D eigenvalue weighted by Crippen LogP contribution is 2.11. The van der Waals surface area contributed by atoms with Crippen LogP contribution >= 0.6 is 28.1 Å². The van der Waals surface area contributed by atoms with Crippen LogP contribution in [0.25, 0.3) is 0 Å². The molecule has 0 aliphatic heterocycles. The van der Waals surface area contributed by atoms with Crippen molar-refractivity contribution in [2.24, 2.45) is 0 Å². The molecule has 0 heterocycles. The van der Waals surface area contributed by atoms with Crippen LogP contribution in [-0.4, -0.2) is 23.5 Å². The van der Waals surface area contributed by atoms with E-state index in [-0.39, 0.29) is 16.9 Å². The van der Waals surface area contributed by atoms with E-state index >= 15 is 0 Å². The quantitative estimate of drug-likeness (QED) is 0.473. The van der Waals surface area contributed by atoms with Crippen LogP contribution in [-0.2, 0) is 0 Å². The Balaban J connectivity index is 1.87. The van der Waals surface area contributed by atoms with Gasteiger partial charge in [-0.25, -0.2) is 0 Å². The van der Waals surface area contributed by atoms with Crippen molar-refractivity contribution in [2.45, 2.75) is 19.8 Å². The van der Waals surface area contributed by atoms with Gasteiger partial charge in [-0.15, -0.1) is 0 Å². The van der Waals surface area contributed by atoms with E-state index in [0.717, 1.165) is 17.3 Å². The zero-order valence-corrected chi connectivity index (χ0v) is 16.7. The van der Waals surface area contributed by atoms with Gasteiger partial charge in [0.2, 0.25) is 0 Å². The molecule has 0 bridgehead atoms. The van der Waals surface area contributed by atoms with Gasteiger partial charge in [-0.1, -0.05) is 29.3 Å². The summed E-state index contributed by atoms with van der Waals surface area (Å²) in [5.41, 5.74) is 1.78. The number of amides is 2. The molecule has 0 saturated heterocycles. The van der Waals surface area contributed by atoms with Gasteiger partial charge in [-0.2, -0.15) is 0 Å². The van der Waals surface area contributed by atoms with Crippen molar-refractivity contribution in [2.75, 3.05) is 11.9 Å². The van der Waals surface area contributed by atoms with Crippen LogP contribution in [0.4, 0.5) is 5.69 Å². The lowest BCUT2D eigenvalue weighted by Crippen LogP contribution is -2.34. The number of hydrogen-bond donors (Lipinski definition) is 3. The summed E-state index contributed by atoms with van der Waals surface area (Å²) >= 11 is 8.49. The van der Waals surface area contributed by atoms with Gasteiger partial charge in [-0.3, -0.25) is 14.9 Å². The van der Waals surface area contributed by atoms with Crippen molar-refractivity contribution < 1.29 is 9.59 Å². The molecule has 0 aliphatic carbocycles. The second-order valence-corrected chi connectivity index (χ2v) is 6.93. The summed E-state index contributed by atoms with van der Waals surface area (Å²) in [7, 11) is 0. The zero-order valence-electron chi connectivity index (χ0n) is 14.3. The fourth-order valence-corrected chi connectivity index (χ4v) is 2.60. The number of carbonyl (C=O) groups excluding carboxylic acids is 2. The summed E-state index contributed by atoms with van der Waals surface area (Å²) in [4.78, 5) is 24.1. The third kappa shape index (κ3) is 6.24. The van der Waals surface area contributed by atoms with Crippen molar-refractivity contribution in [3.8, 4) is 0 Å². The van der Waals surface area contributed by atoms with Crippen molar-refractivity contribution in [1.29, 1.82) is 0 Å². The molecule has 0 spiro atoms. The average Bonchev–Trinajstić information content (AvgIpc) is 2.62. The second kappa shape index (κ2) is 10.0. The van der Waals surface area contributed by atoms with E-state index in [2.05, 4.69) is 38.8 Å². The molecule has 136 valence electrons. The summed E-state index contributed by atoms with van der Waals surface area (Å²) in [6.45, 7) is 2.74. The number of hydrogen-bond acceptors (Lipinski definition) is 3. The number of nitrogens with one attached hydrogen (secondary N) is 3. The number of thiocarbonyl (C=S) groups is 1. The highest BCUT2D eigenvalue weighted by atomic mass is 79.9. The molecular weight excluding hydrogens is 414 g/mol. The molecule has 3 N–H and O–H groups in total. The van der Waals surface area contributed by atoms with Gasteiger partial charge in [0.1, 0.15) is 0 Å². The SMILES string of the molecule is CCCCNC(=O)c1ccc(NC(=S)NC(=O)c2ccc(Br)cc2)cc1. The van der Waals surface area contributed by atoms with Gasteiger partial charge < -0.3 is 10.6 Å². The first-order chi connectivity index (χ1) is 12.5. The Morgan fingerprint density at radius 3 is 2.15 bits per heavy atom. The Bertz CT molecular complexity index is 776. The van der Waals surface area contributed by atoms with E-state index in [0.29, 0.717) is 23.4 Å². The monoisotopic (exact) mass is 433 g/mol. The van der Waals surface area contributed by atoms with E-state index < -0.39 is 0 Å². The van der Waals surface area contributed by atoms with Gasteiger partial charge in [0.05, 0.1) is 0 Å². The molecule has 26 heavy (non-hydrogen) atoms. The predicted molar refractivity (Wildman–Crippen MR) is 112 cm³/mol. The number of anilines is 1. The van der Waals surface area contributed by atoms with Crippen molar-refractivity contribution in [3.05, 3.63) is 64.1 Å². The second-order valence-electron chi connectivity index (χ2n) is 5.60. The molecule has 0 fully saturated rings. The van der Waals surface area contributed by atoms with E-state index in [4.69, 9.17) is 12.2 Å². The minimum Gasteiger partial charge on any atom is -0.352 e. The summed E-state index contributed by atoms with van der Waals surface area (Å²) in [5, 5.41) is 8.61. The van der Waals surface area contributed by atoms with Crippen LogP contribution in [0, 0.1) is 0 Å². The Labute approximate surface area is 166 Å². The van der Waals surface area contributed by atoms with Crippen LogP contribution < -0.4 is 16.0 Å².